The van der Waals surface area contributed by atoms with Gasteiger partial charge in [-0.15, -0.1) is 11.8 Å². The maximum Gasteiger partial charge on any atom is 0.0671 e. The van der Waals surface area contributed by atoms with Crippen molar-refractivity contribution in [2.75, 3.05) is 25.4 Å². The molecule has 1 spiro atoms. The Kier molecular flexibility index (Phi) is 3.40. The van der Waals surface area contributed by atoms with Crippen LogP contribution in [0.2, 0.25) is 0 Å². The summed E-state index contributed by atoms with van der Waals surface area (Å²) in [7, 11) is 0. The number of hydrogen-bond acceptors (Lipinski definition) is 3. The fraction of sp³-hybridized carbons (Fsp3) is 1.00. The van der Waals surface area contributed by atoms with E-state index in [-0.39, 0.29) is 0 Å². The first kappa shape index (κ1) is 10.8. The molecule has 1 N–H and O–H groups in total. The van der Waals surface area contributed by atoms with E-state index in [9.17, 15) is 0 Å². The Morgan fingerprint density at radius 1 is 1.43 bits per heavy atom. The van der Waals surface area contributed by atoms with Crippen molar-refractivity contribution < 1.29 is 0 Å². The quantitative estimate of drug-likeness (QED) is 0.718. The van der Waals surface area contributed by atoms with Crippen LogP contribution >= 0.6 is 11.8 Å². The van der Waals surface area contributed by atoms with Crippen molar-refractivity contribution in [3.8, 4) is 0 Å². The molecule has 82 valence electrons. The Morgan fingerprint density at radius 2 is 2.14 bits per heavy atom. The summed E-state index contributed by atoms with van der Waals surface area (Å²) in [5, 5.41) is 3.81. The van der Waals surface area contributed by atoms with E-state index in [1.165, 1.54) is 44.6 Å². The van der Waals surface area contributed by atoms with Crippen LogP contribution in [0.25, 0.3) is 0 Å². The lowest BCUT2D eigenvalue weighted by atomic mass is 10.0. The third-order valence-electron chi connectivity index (χ3n) is 3.55. The Hall–Kier alpha value is 0.270. The molecule has 3 heteroatoms. The van der Waals surface area contributed by atoms with Crippen LogP contribution in [0.4, 0.5) is 0 Å². The second-order valence-corrected chi connectivity index (χ2v) is 6.09. The topological polar surface area (TPSA) is 15.3 Å². The summed E-state index contributed by atoms with van der Waals surface area (Å²) in [5.41, 5.74) is 0. The minimum Gasteiger partial charge on any atom is -0.303 e. The average Bonchev–Trinajstić information content (AvgIpc) is 2.19. The van der Waals surface area contributed by atoms with Crippen LogP contribution in [-0.4, -0.2) is 41.2 Å². The molecule has 0 aromatic heterocycles. The molecule has 0 aromatic carbocycles. The van der Waals surface area contributed by atoms with Crippen molar-refractivity contribution in [3.05, 3.63) is 0 Å². The third-order valence-corrected chi connectivity index (χ3v) is 5.07. The summed E-state index contributed by atoms with van der Waals surface area (Å²) in [6.45, 7) is 8.37. The Morgan fingerprint density at radius 3 is 2.71 bits per heavy atom. The summed E-state index contributed by atoms with van der Waals surface area (Å²) in [6, 6.07) is 0.726. The molecule has 2 aliphatic heterocycles. The highest BCUT2D eigenvalue weighted by Crippen LogP contribution is 2.37. The van der Waals surface area contributed by atoms with Gasteiger partial charge in [0.15, 0.2) is 0 Å². The van der Waals surface area contributed by atoms with Crippen LogP contribution < -0.4 is 5.32 Å². The summed E-state index contributed by atoms with van der Waals surface area (Å²) in [5.74, 6) is 1.35. The van der Waals surface area contributed by atoms with Crippen molar-refractivity contribution >= 4 is 11.8 Å². The minimum atomic E-state index is 0.434. The molecule has 2 nitrogen and oxygen atoms in total. The molecule has 0 radical (unpaired) electrons. The number of nitrogens with one attached hydrogen (secondary N) is 1. The highest BCUT2D eigenvalue weighted by molar-refractivity contribution is 8.00. The number of hydrogen-bond donors (Lipinski definition) is 1. The van der Waals surface area contributed by atoms with E-state index in [2.05, 4.69) is 35.8 Å². The standard InChI is InChI=1S/C11H22N2S/c1-3-13-7-5-11(6-8-13)12-10(2)4-9-14-11/h10,12H,3-9H2,1-2H3. The maximum absolute atomic E-state index is 3.81. The number of rotatable bonds is 1. The second-order valence-electron chi connectivity index (χ2n) is 4.61. The minimum absolute atomic E-state index is 0.434. The molecule has 0 bridgehead atoms. The Labute approximate surface area is 91.8 Å². The van der Waals surface area contributed by atoms with E-state index >= 15 is 0 Å². The Balaban J connectivity index is 1.91. The zero-order valence-electron chi connectivity index (χ0n) is 9.38. The predicted octanol–water partition coefficient (Wildman–Crippen LogP) is 1.91. The molecule has 2 rings (SSSR count). The largest absolute Gasteiger partial charge is 0.303 e. The molecule has 2 saturated heterocycles. The van der Waals surface area contributed by atoms with Gasteiger partial charge in [0.1, 0.15) is 0 Å². The van der Waals surface area contributed by atoms with Gasteiger partial charge >= 0.3 is 0 Å². The molecule has 0 amide bonds. The van der Waals surface area contributed by atoms with Crippen molar-refractivity contribution in [2.45, 2.75) is 44.0 Å². The molecule has 2 aliphatic rings. The van der Waals surface area contributed by atoms with Gasteiger partial charge < -0.3 is 10.2 Å². The van der Waals surface area contributed by atoms with E-state index in [4.69, 9.17) is 0 Å². The normalized spacial score (nSPS) is 33.4. The van der Waals surface area contributed by atoms with Crippen LogP contribution in [-0.2, 0) is 0 Å². The fourth-order valence-electron chi connectivity index (χ4n) is 2.51. The zero-order valence-corrected chi connectivity index (χ0v) is 10.2. The highest BCUT2D eigenvalue weighted by Gasteiger charge is 2.37. The predicted molar refractivity (Wildman–Crippen MR) is 63.8 cm³/mol. The lowest BCUT2D eigenvalue weighted by Crippen LogP contribution is -2.56. The van der Waals surface area contributed by atoms with Crippen molar-refractivity contribution in [2.24, 2.45) is 0 Å². The molecule has 0 aromatic rings. The van der Waals surface area contributed by atoms with Gasteiger partial charge in [-0.3, -0.25) is 0 Å². The van der Waals surface area contributed by atoms with Crippen LogP contribution in [0.3, 0.4) is 0 Å². The first-order valence-electron chi connectivity index (χ1n) is 5.88. The SMILES string of the molecule is CCN1CCC2(CC1)NC(C)CCS2. The summed E-state index contributed by atoms with van der Waals surface area (Å²) in [4.78, 5) is 3.00. The Bertz CT molecular complexity index is 188. The van der Waals surface area contributed by atoms with Gasteiger partial charge in [-0.25, -0.2) is 0 Å². The van der Waals surface area contributed by atoms with Gasteiger partial charge in [-0.2, -0.15) is 0 Å². The zero-order chi connectivity index (χ0) is 10.0. The monoisotopic (exact) mass is 214 g/mol. The molecule has 0 saturated carbocycles. The first-order valence-corrected chi connectivity index (χ1v) is 6.87. The van der Waals surface area contributed by atoms with Gasteiger partial charge in [0.2, 0.25) is 0 Å². The van der Waals surface area contributed by atoms with Gasteiger partial charge in [-0.1, -0.05) is 6.92 Å². The molecule has 0 aliphatic carbocycles. The van der Waals surface area contributed by atoms with E-state index in [0.29, 0.717) is 4.87 Å². The van der Waals surface area contributed by atoms with Gasteiger partial charge in [0.05, 0.1) is 4.87 Å². The van der Waals surface area contributed by atoms with E-state index in [0.717, 1.165) is 6.04 Å². The average molecular weight is 214 g/mol. The number of thioether (sulfide) groups is 1. The molecule has 2 fully saturated rings. The van der Waals surface area contributed by atoms with Crippen molar-refractivity contribution in [1.29, 1.82) is 0 Å². The summed E-state index contributed by atoms with van der Waals surface area (Å²) in [6.07, 6.45) is 4.00. The molecule has 1 unspecified atom stereocenters. The van der Waals surface area contributed by atoms with Crippen molar-refractivity contribution in [1.82, 2.24) is 10.2 Å². The van der Waals surface area contributed by atoms with Crippen LogP contribution in [0, 0.1) is 0 Å². The number of likely N-dealkylation sites (tertiary alicyclic amines) is 1. The van der Waals surface area contributed by atoms with Crippen LogP contribution in [0.5, 0.6) is 0 Å². The first-order chi connectivity index (χ1) is 6.74. The lowest BCUT2D eigenvalue weighted by Gasteiger charge is -2.46. The fourth-order valence-corrected chi connectivity index (χ4v) is 4.13. The summed E-state index contributed by atoms with van der Waals surface area (Å²) < 4.78 is 0. The highest BCUT2D eigenvalue weighted by atomic mass is 32.2. The lowest BCUT2D eigenvalue weighted by molar-refractivity contribution is 0.180. The van der Waals surface area contributed by atoms with E-state index < -0.39 is 0 Å². The van der Waals surface area contributed by atoms with E-state index in [1.807, 2.05) is 0 Å². The van der Waals surface area contributed by atoms with E-state index in [1.54, 1.807) is 0 Å². The second kappa shape index (κ2) is 4.42. The summed E-state index contributed by atoms with van der Waals surface area (Å²) >= 11 is 2.16. The van der Waals surface area contributed by atoms with Crippen LogP contribution in [0.1, 0.15) is 33.1 Å². The third kappa shape index (κ3) is 2.26. The van der Waals surface area contributed by atoms with Gasteiger partial charge in [-0.05, 0) is 38.5 Å². The van der Waals surface area contributed by atoms with Gasteiger partial charge in [0.25, 0.3) is 0 Å². The molecule has 14 heavy (non-hydrogen) atoms. The van der Waals surface area contributed by atoms with Crippen LogP contribution in [0.15, 0.2) is 0 Å². The number of nitrogens with zero attached hydrogens (tertiary/aromatic N) is 1. The molecule has 2 heterocycles. The smallest absolute Gasteiger partial charge is 0.0671 e. The molecule has 1 atom stereocenters. The van der Waals surface area contributed by atoms with Crippen molar-refractivity contribution in [3.63, 3.8) is 0 Å². The van der Waals surface area contributed by atoms with Gasteiger partial charge in [0, 0.05) is 19.1 Å². The maximum atomic E-state index is 3.81. The molecular formula is C11H22N2S. The number of piperidine rings is 1. The molecular weight excluding hydrogens is 192 g/mol.